The molecule has 0 bridgehead atoms. The van der Waals surface area contributed by atoms with Crippen LogP contribution in [0.5, 0.6) is 0 Å². The van der Waals surface area contributed by atoms with Crippen molar-refractivity contribution in [3.8, 4) is 0 Å². The van der Waals surface area contributed by atoms with Gasteiger partial charge < -0.3 is 19.9 Å². The molecule has 1 saturated heterocycles. The van der Waals surface area contributed by atoms with E-state index < -0.39 is 11.5 Å². The second kappa shape index (κ2) is 5.99. The summed E-state index contributed by atoms with van der Waals surface area (Å²) in [6.45, 7) is 2.51. The van der Waals surface area contributed by atoms with Crippen molar-refractivity contribution in [3.05, 3.63) is 0 Å². The maximum atomic E-state index is 11.5. The summed E-state index contributed by atoms with van der Waals surface area (Å²) in [7, 11) is 1.71. The number of carboxylic acids is 1. The molecule has 0 aromatic rings. The van der Waals surface area contributed by atoms with Gasteiger partial charge in [-0.2, -0.15) is 0 Å². The number of rotatable bonds is 7. The van der Waals surface area contributed by atoms with Crippen molar-refractivity contribution in [1.82, 2.24) is 5.32 Å². The van der Waals surface area contributed by atoms with Gasteiger partial charge >= 0.3 is 5.97 Å². The van der Waals surface area contributed by atoms with Crippen LogP contribution in [0.25, 0.3) is 0 Å². The van der Waals surface area contributed by atoms with Gasteiger partial charge in [-0.05, 0) is 44.6 Å². The summed E-state index contributed by atoms with van der Waals surface area (Å²) in [6.07, 6.45) is 3.99. The Bertz CT molecular complexity index is 287. The first kappa shape index (κ1) is 13.8. The Hall–Kier alpha value is -0.650. The van der Waals surface area contributed by atoms with Crippen LogP contribution >= 0.6 is 0 Å². The lowest BCUT2D eigenvalue weighted by Gasteiger charge is -2.30. The van der Waals surface area contributed by atoms with Gasteiger partial charge in [0, 0.05) is 19.8 Å². The van der Waals surface area contributed by atoms with Gasteiger partial charge in [-0.15, -0.1) is 0 Å². The second-order valence-corrected chi connectivity index (χ2v) is 5.37. The molecule has 0 spiro atoms. The zero-order valence-corrected chi connectivity index (χ0v) is 11.0. The standard InChI is InChI=1S/C13H23NO4/c1-14-13(12(15)16,11-2-3-11)9-18-8-10-4-6-17-7-5-10/h10-11,14H,2-9H2,1H3,(H,15,16). The van der Waals surface area contributed by atoms with Crippen LogP contribution in [-0.4, -0.2) is 50.1 Å². The number of carboxylic acid groups (broad SMARTS) is 1. The Morgan fingerprint density at radius 1 is 1.39 bits per heavy atom. The van der Waals surface area contributed by atoms with Crippen molar-refractivity contribution in [2.75, 3.05) is 33.5 Å². The summed E-state index contributed by atoms with van der Waals surface area (Å²) >= 11 is 0. The Labute approximate surface area is 108 Å². The molecule has 0 radical (unpaired) electrons. The first-order valence-electron chi connectivity index (χ1n) is 6.77. The van der Waals surface area contributed by atoms with Crippen molar-refractivity contribution >= 4 is 5.97 Å². The summed E-state index contributed by atoms with van der Waals surface area (Å²) in [4.78, 5) is 11.5. The molecule has 2 aliphatic rings. The monoisotopic (exact) mass is 257 g/mol. The van der Waals surface area contributed by atoms with E-state index in [2.05, 4.69) is 5.32 Å². The molecular formula is C13H23NO4. The van der Waals surface area contributed by atoms with Crippen molar-refractivity contribution in [3.63, 3.8) is 0 Å². The fourth-order valence-corrected chi connectivity index (χ4v) is 2.61. The fourth-order valence-electron chi connectivity index (χ4n) is 2.61. The van der Waals surface area contributed by atoms with E-state index in [4.69, 9.17) is 9.47 Å². The average Bonchev–Trinajstić information content (AvgIpc) is 3.20. The average molecular weight is 257 g/mol. The molecule has 0 aromatic heterocycles. The highest BCUT2D eigenvalue weighted by Gasteiger charge is 2.50. The van der Waals surface area contributed by atoms with Gasteiger partial charge in [0.15, 0.2) is 0 Å². The molecule has 104 valence electrons. The summed E-state index contributed by atoms with van der Waals surface area (Å²) < 4.78 is 11.0. The van der Waals surface area contributed by atoms with Crippen LogP contribution in [0.4, 0.5) is 0 Å². The van der Waals surface area contributed by atoms with Gasteiger partial charge in [-0.1, -0.05) is 0 Å². The summed E-state index contributed by atoms with van der Waals surface area (Å²) in [5.74, 6) is -0.0597. The molecule has 1 aliphatic heterocycles. The van der Waals surface area contributed by atoms with Crippen molar-refractivity contribution in [2.24, 2.45) is 11.8 Å². The van der Waals surface area contributed by atoms with Crippen LogP contribution in [0.15, 0.2) is 0 Å². The van der Waals surface area contributed by atoms with E-state index in [1.54, 1.807) is 7.05 Å². The third kappa shape index (κ3) is 3.02. The van der Waals surface area contributed by atoms with E-state index >= 15 is 0 Å². The molecule has 1 saturated carbocycles. The van der Waals surface area contributed by atoms with Crippen LogP contribution < -0.4 is 5.32 Å². The van der Waals surface area contributed by atoms with Crippen molar-refractivity contribution in [2.45, 2.75) is 31.2 Å². The topological polar surface area (TPSA) is 67.8 Å². The lowest BCUT2D eigenvalue weighted by atomic mass is 9.94. The van der Waals surface area contributed by atoms with E-state index in [1.165, 1.54) is 0 Å². The minimum Gasteiger partial charge on any atom is -0.480 e. The number of ether oxygens (including phenoxy) is 2. The first-order valence-corrected chi connectivity index (χ1v) is 6.77. The van der Waals surface area contributed by atoms with Crippen LogP contribution in [-0.2, 0) is 14.3 Å². The van der Waals surface area contributed by atoms with Crippen LogP contribution in [0, 0.1) is 11.8 Å². The van der Waals surface area contributed by atoms with E-state index in [0.29, 0.717) is 12.5 Å². The smallest absolute Gasteiger partial charge is 0.326 e. The van der Waals surface area contributed by atoms with Crippen molar-refractivity contribution < 1.29 is 19.4 Å². The second-order valence-electron chi connectivity index (χ2n) is 5.37. The van der Waals surface area contributed by atoms with E-state index in [0.717, 1.165) is 38.9 Å². The number of likely N-dealkylation sites (N-methyl/N-ethyl adjacent to an activating group) is 1. The highest BCUT2D eigenvalue weighted by molar-refractivity contribution is 5.80. The lowest BCUT2D eigenvalue weighted by molar-refractivity contribution is -0.149. The summed E-state index contributed by atoms with van der Waals surface area (Å²) in [5, 5.41) is 12.4. The maximum Gasteiger partial charge on any atom is 0.326 e. The molecule has 5 heteroatoms. The molecule has 2 N–H and O–H groups in total. The molecule has 0 aromatic carbocycles. The SMILES string of the molecule is CNC(COCC1CCOCC1)(C(=O)O)C1CC1. The highest BCUT2D eigenvalue weighted by atomic mass is 16.5. The van der Waals surface area contributed by atoms with E-state index in [1.807, 2.05) is 0 Å². The molecule has 1 aliphatic carbocycles. The molecule has 1 heterocycles. The lowest BCUT2D eigenvalue weighted by Crippen LogP contribution is -2.56. The molecule has 1 unspecified atom stereocenters. The third-order valence-corrected chi connectivity index (χ3v) is 4.13. The summed E-state index contributed by atoms with van der Waals surface area (Å²) in [6, 6.07) is 0. The minimum atomic E-state index is -0.884. The maximum absolute atomic E-state index is 11.5. The molecule has 1 atom stereocenters. The van der Waals surface area contributed by atoms with Gasteiger partial charge in [-0.3, -0.25) is 4.79 Å². The van der Waals surface area contributed by atoms with Gasteiger partial charge in [0.2, 0.25) is 0 Å². The number of nitrogens with one attached hydrogen (secondary N) is 1. The van der Waals surface area contributed by atoms with E-state index in [-0.39, 0.29) is 12.5 Å². The van der Waals surface area contributed by atoms with Gasteiger partial charge in [0.25, 0.3) is 0 Å². The number of hydrogen-bond acceptors (Lipinski definition) is 4. The number of carbonyl (C=O) groups is 1. The Kier molecular flexibility index (Phi) is 4.59. The van der Waals surface area contributed by atoms with Crippen LogP contribution in [0.1, 0.15) is 25.7 Å². The molecular weight excluding hydrogens is 234 g/mol. The molecule has 2 rings (SSSR count). The quantitative estimate of drug-likeness (QED) is 0.708. The third-order valence-electron chi connectivity index (χ3n) is 4.13. The van der Waals surface area contributed by atoms with Crippen LogP contribution in [0.2, 0.25) is 0 Å². The van der Waals surface area contributed by atoms with Crippen LogP contribution in [0.3, 0.4) is 0 Å². The zero-order valence-electron chi connectivity index (χ0n) is 11.0. The predicted octanol–water partition coefficient (Wildman–Crippen LogP) is 0.882. The van der Waals surface area contributed by atoms with Crippen molar-refractivity contribution in [1.29, 1.82) is 0 Å². The number of aliphatic carboxylic acids is 1. The van der Waals surface area contributed by atoms with Gasteiger partial charge in [0.05, 0.1) is 6.61 Å². The normalized spacial score (nSPS) is 24.7. The molecule has 5 nitrogen and oxygen atoms in total. The van der Waals surface area contributed by atoms with Gasteiger partial charge in [-0.25, -0.2) is 0 Å². The highest BCUT2D eigenvalue weighted by Crippen LogP contribution is 2.40. The fraction of sp³-hybridized carbons (Fsp3) is 0.923. The molecule has 0 amide bonds. The zero-order chi connectivity index (χ0) is 13.0. The van der Waals surface area contributed by atoms with E-state index in [9.17, 15) is 9.90 Å². The molecule has 18 heavy (non-hydrogen) atoms. The number of hydrogen-bond donors (Lipinski definition) is 2. The van der Waals surface area contributed by atoms with Gasteiger partial charge in [0.1, 0.15) is 5.54 Å². The Morgan fingerprint density at radius 2 is 2.06 bits per heavy atom. The first-order chi connectivity index (χ1) is 8.69. The minimum absolute atomic E-state index is 0.217. The Balaban J connectivity index is 1.80. The largest absolute Gasteiger partial charge is 0.480 e. The summed E-state index contributed by atoms with van der Waals surface area (Å²) in [5.41, 5.74) is -0.884. The Morgan fingerprint density at radius 3 is 2.56 bits per heavy atom. The predicted molar refractivity (Wildman–Crippen MR) is 66.5 cm³/mol. The molecule has 2 fully saturated rings.